The van der Waals surface area contributed by atoms with Gasteiger partial charge in [0.15, 0.2) is 11.2 Å². The summed E-state index contributed by atoms with van der Waals surface area (Å²) in [5.74, 6) is 0.585. The quantitative estimate of drug-likeness (QED) is 0.470. The Morgan fingerprint density at radius 1 is 1.03 bits per heavy atom. The third-order valence-electron chi connectivity index (χ3n) is 5.87. The van der Waals surface area contributed by atoms with Crippen LogP contribution in [0, 0.1) is 0 Å². The summed E-state index contributed by atoms with van der Waals surface area (Å²) in [6, 6.07) is 15.0. The highest BCUT2D eigenvalue weighted by Gasteiger charge is 2.27. The molecule has 0 amide bonds. The molecule has 2 heterocycles. The molecule has 1 aliphatic carbocycles. The lowest BCUT2D eigenvalue weighted by molar-refractivity contribution is 0.535. The average molecular weight is 455 g/mol. The number of nitrogens with zero attached hydrogens (tertiary/aromatic N) is 3. The van der Waals surface area contributed by atoms with Crippen molar-refractivity contribution in [2.75, 3.05) is 0 Å². The van der Waals surface area contributed by atoms with Gasteiger partial charge in [-0.1, -0.05) is 66.4 Å². The van der Waals surface area contributed by atoms with Crippen LogP contribution in [0.1, 0.15) is 37.3 Å². The van der Waals surface area contributed by atoms with Gasteiger partial charge < -0.3 is 4.57 Å². The fraction of sp³-hybridized carbons (Fsp3) is 0.261. The van der Waals surface area contributed by atoms with Crippen molar-refractivity contribution in [1.82, 2.24) is 19.1 Å². The van der Waals surface area contributed by atoms with Gasteiger partial charge in [0, 0.05) is 16.6 Å². The van der Waals surface area contributed by atoms with Gasteiger partial charge in [0.2, 0.25) is 0 Å². The number of hydrogen-bond donors (Lipinski definition) is 1. The van der Waals surface area contributed by atoms with Crippen molar-refractivity contribution >= 4 is 34.4 Å². The van der Waals surface area contributed by atoms with Crippen molar-refractivity contribution < 1.29 is 0 Å². The van der Waals surface area contributed by atoms with E-state index in [2.05, 4.69) is 4.98 Å². The van der Waals surface area contributed by atoms with E-state index in [1.54, 1.807) is 12.1 Å². The van der Waals surface area contributed by atoms with E-state index < -0.39 is 11.2 Å². The summed E-state index contributed by atoms with van der Waals surface area (Å²) in [5, 5.41) is 0.978. The van der Waals surface area contributed by atoms with Gasteiger partial charge in [-0.3, -0.25) is 14.3 Å². The van der Waals surface area contributed by atoms with E-state index in [0.717, 1.165) is 31.2 Å². The predicted octanol–water partition coefficient (Wildman–Crippen LogP) is 5.02. The smallest absolute Gasteiger partial charge is 0.315 e. The second-order valence-corrected chi connectivity index (χ2v) is 8.71. The molecule has 0 unspecified atom stereocenters. The highest BCUT2D eigenvalue weighted by molar-refractivity contribution is 6.36. The number of H-pyrrole nitrogens is 1. The first-order valence-electron chi connectivity index (χ1n) is 10.3. The molecule has 4 aromatic rings. The molecule has 1 aliphatic rings. The van der Waals surface area contributed by atoms with Gasteiger partial charge in [0.25, 0.3) is 5.56 Å². The van der Waals surface area contributed by atoms with Gasteiger partial charge in [-0.05, 0) is 36.6 Å². The molecule has 2 aromatic heterocycles. The molecule has 158 valence electrons. The molecule has 2 aromatic carbocycles. The first kappa shape index (κ1) is 20.1. The summed E-state index contributed by atoms with van der Waals surface area (Å²) in [5.41, 5.74) is 1.49. The molecule has 0 spiro atoms. The molecule has 31 heavy (non-hydrogen) atoms. The van der Waals surface area contributed by atoms with E-state index >= 15 is 0 Å². The van der Waals surface area contributed by atoms with Gasteiger partial charge in [-0.15, -0.1) is 0 Å². The van der Waals surface area contributed by atoms with Crippen LogP contribution in [0.3, 0.4) is 0 Å². The van der Waals surface area contributed by atoms with Gasteiger partial charge >= 0.3 is 5.69 Å². The maximum atomic E-state index is 13.0. The van der Waals surface area contributed by atoms with Crippen molar-refractivity contribution in [3.05, 3.63) is 85.0 Å². The summed E-state index contributed by atoms with van der Waals surface area (Å²) in [7, 11) is 0. The lowest BCUT2D eigenvalue weighted by atomic mass is 10.1. The first-order valence-corrected chi connectivity index (χ1v) is 11.0. The topological polar surface area (TPSA) is 72.7 Å². The van der Waals surface area contributed by atoms with Crippen LogP contribution in [0.25, 0.3) is 22.6 Å². The van der Waals surface area contributed by atoms with Gasteiger partial charge in [-0.2, -0.15) is 0 Å². The fourth-order valence-corrected chi connectivity index (χ4v) is 4.92. The number of benzene rings is 2. The number of fused-ring (bicyclic) bond motifs is 1. The van der Waals surface area contributed by atoms with E-state index in [-0.39, 0.29) is 6.04 Å². The van der Waals surface area contributed by atoms with Crippen LogP contribution in [0.5, 0.6) is 0 Å². The second kappa shape index (κ2) is 8.02. The van der Waals surface area contributed by atoms with Crippen molar-refractivity contribution in [3.63, 3.8) is 0 Å². The van der Waals surface area contributed by atoms with Crippen LogP contribution >= 0.6 is 23.2 Å². The second-order valence-electron chi connectivity index (χ2n) is 7.87. The van der Waals surface area contributed by atoms with Crippen LogP contribution in [0.4, 0.5) is 0 Å². The van der Waals surface area contributed by atoms with Gasteiger partial charge in [-0.25, -0.2) is 9.78 Å². The average Bonchev–Trinajstić information content (AvgIpc) is 3.40. The zero-order valence-corrected chi connectivity index (χ0v) is 18.2. The maximum Gasteiger partial charge on any atom is 0.330 e. The Morgan fingerprint density at radius 2 is 1.77 bits per heavy atom. The number of aromatic nitrogens is 4. The third kappa shape index (κ3) is 3.60. The van der Waals surface area contributed by atoms with Gasteiger partial charge in [0.05, 0.1) is 11.6 Å². The SMILES string of the molecule is O=c1[nH]c(=O)n(Cc2ccccc2)c2nc(-c3ccc(Cl)cc3Cl)n(C3CCCC3)c12. The summed E-state index contributed by atoms with van der Waals surface area (Å²) in [6.07, 6.45) is 4.06. The molecule has 0 radical (unpaired) electrons. The molecule has 0 bridgehead atoms. The summed E-state index contributed by atoms with van der Waals surface area (Å²) in [6.45, 7) is 0.308. The standard InChI is InChI=1S/C23H20Cl2N4O2/c24-15-10-11-17(18(25)12-15)20-26-21-19(29(20)16-8-4-5-9-16)22(30)27-23(31)28(21)13-14-6-2-1-3-7-14/h1-3,6-7,10-12,16H,4-5,8-9,13H2,(H,27,30,31). The number of halogens is 2. The zero-order valence-electron chi connectivity index (χ0n) is 16.6. The largest absolute Gasteiger partial charge is 0.330 e. The summed E-state index contributed by atoms with van der Waals surface area (Å²) in [4.78, 5) is 33.1. The van der Waals surface area contributed by atoms with E-state index in [1.165, 1.54) is 4.57 Å². The number of hydrogen-bond acceptors (Lipinski definition) is 3. The molecule has 8 heteroatoms. The molecule has 0 atom stereocenters. The maximum absolute atomic E-state index is 13.0. The van der Waals surface area contributed by atoms with Crippen LogP contribution in [0.2, 0.25) is 10.0 Å². The minimum atomic E-state index is -0.480. The molecule has 0 saturated heterocycles. The number of nitrogens with one attached hydrogen (secondary N) is 1. The minimum Gasteiger partial charge on any atom is -0.315 e. The molecule has 0 aliphatic heterocycles. The molecule has 6 nitrogen and oxygen atoms in total. The Hall–Kier alpha value is -2.83. The molecule has 1 N–H and O–H groups in total. The van der Waals surface area contributed by atoms with E-state index in [9.17, 15) is 9.59 Å². The number of imidazole rings is 1. The highest BCUT2D eigenvalue weighted by Crippen LogP contribution is 2.38. The zero-order chi connectivity index (χ0) is 21.5. The Morgan fingerprint density at radius 3 is 2.48 bits per heavy atom. The molecular weight excluding hydrogens is 435 g/mol. The van der Waals surface area contributed by atoms with E-state index in [1.807, 2.05) is 41.0 Å². The lowest BCUT2D eigenvalue weighted by Gasteiger charge is -2.16. The Balaban J connectivity index is 1.81. The Bertz CT molecular complexity index is 1380. The Kier molecular flexibility index (Phi) is 5.20. The van der Waals surface area contributed by atoms with E-state index in [4.69, 9.17) is 28.2 Å². The lowest BCUT2D eigenvalue weighted by Crippen LogP contribution is -2.31. The van der Waals surface area contributed by atoms with Crippen LogP contribution in [-0.2, 0) is 6.54 Å². The Labute approximate surface area is 188 Å². The van der Waals surface area contributed by atoms with Gasteiger partial charge in [0.1, 0.15) is 5.82 Å². The number of rotatable bonds is 4. The molecule has 5 rings (SSSR count). The summed E-state index contributed by atoms with van der Waals surface area (Å²) < 4.78 is 3.49. The highest BCUT2D eigenvalue weighted by atomic mass is 35.5. The summed E-state index contributed by atoms with van der Waals surface area (Å²) >= 11 is 12.6. The number of aromatic amines is 1. The van der Waals surface area contributed by atoms with Crippen molar-refractivity contribution in [2.45, 2.75) is 38.3 Å². The fourth-order valence-electron chi connectivity index (χ4n) is 4.43. The predicted molar refractivity (Wildman–Crippen MR) is 123 cm³/mol. The first-order chi connectivity index (χ1) is 15.0. The molecular formula is C23H20Cl2N4O2. The minimum absolute atomic E-state index is 0.121. The van der Waals surface area contributed by atoms with Crippen LogP contribution in [-0.4, -0.2) is 19.1 Å². The normalized spacial score (nSPS) is 14.5. The van der Waals surface area contributed by atoms with Crippen molar-refractivity contribution in [3.8, 4) is 11.4 Å². The molecule has 1 saturated carbocycles. The van der Waals surface area contributed by atoms with E-state index in [0.29, 0.717) is 39.1 Å². The van der Waals surface area contributed by atoms with Crippen molar-refractivity contribution in [1.29, 1.82) is 0 Å². The third-order valence-corrected chi connectivity index (χ3v) is 6.42. The van der Waals surface area contributed by atoms with Crippen LogP contribution < -0.4 is 11.2 Å². The van der Waals surface area contributed by atoms with Crippen LogP contribution in [0.15, 0.2) is 58.1 Å². The monoisotopic (exact) mass is 454 g/mol. The molecule has 1 fully saturated rings. The van der Waals surface area contributed by atoms with Crippen molar-refractivity contribution in [2.24, 2.45) is 0 Å².